The predicted octanol–water partition coefficient (Wildman–Crippen LogP) is 2.74. The molecule has 0 spiro atoms. The lowest BCUT2D eigenvalue weighted by Gasteiger charge is -2.30. The van der Waals surface area contributed by atoms with Crippen molar-refractivity contribution in [3.63, 3.8) is 0 Å². The number of rotatable bonds is 11. The van der Waals surface area contributed by atoms with Crippen LogP contribution in [0.4, 0.5) is 10.3 Å². The number of piperidine rings is 1. The molecule has 1 atom stereocenters. The summed E-state index contributed by atoms with van der Waals surface area (Å²) in [6.07, 6.45) is 3.02. The van der Waals surface area contributed by atoms with E-state index in [1.165, 1.54) is 13.8 Å². The first kappa shape index (κ1) is 25.9. The molecule has 0 unspecified atom stereocenters. The number of anilines is 1. The van der Waals surface area contributed by atoms with Gasteiger partial charge in [0.2, 0.25) is 0 Å². The fourth-order valence-electron chi connectivity index (χ4n) is 3.92. The number of carbonyl (C=O) groups is 1. The highest BCUT2D eigenvalue weighted by Gasteiger charge is 2.29. The van der Waals surface area contributed by atoms with Gasteiger partial charge in [0.1, 0.15) is 5.75 Å². The highest BCUT2D eigenvalue weighted by Crippen LogP contribution is 2.28. The number of aliphatic hydroxyl groups is 2. The first-order valence-corrected chi connectivity index (χ1v) is 11.8. The lowest BCUT2D eigenvalue weighted by Crippen LogP contribution is -2.34. The SMILES string of the molecule is Cc1cc(OCCCC2CCN(c3noc(C(C)(C)F)n3)CC2)ccc1C(=O)NC[C@H](O)CO. The highest BCUT2D eigenvalue weighted by atomic mass is 19.1. The molecule has 9 nitrogen and oxygen atoms in total. The minimum atomic E-state index is -1.64. The Bertz CT molecular complexity index is 938. The summed E-state index contributed by atoms with van der Waals surface area (Å²) in [5, 5.41) is 24.7. The fraction of sp³-hybridized carbons (Fsp3) is 0.625. The Morgan fingerprint density at radius 1 is 1.38 bits per heavy atom. The third-order valence-electron chi connectivity index (χ3n) is 6.00. The van der Waals surface area contributed by atoms with Gasteiger partial charge in [-0.25, -0.2) is 4.39 Å². The largest absolute Gasteiger partial charge is 0.494 e. The fourth-order valence-corrected chi connectivity index (χ4v) is 3.92. The molecule has 2 aromatic rings. The lowest BCUT2D eigenvalue weighted by molar-refractivity contribution is 0.0801. The van der Waals surface area contributed by atoms with Crippen molar-refractivity contribution in [1.29, 1.82) is 0 Å². The number of benzene rings is 1. The van der Waals surface area contributed by atoms with Crippen LogP contribution in [0, 0.1) is 12.8 Å². The number of amides is 1. The second-order valence-electron chi connectivity index (χ2n) is 9.32. The van der Waals surface area contributed by atoms with E-state index in [2.05, 4.69) is 15.5 Å². The molecule has 10 heteroatoms. The number of aromatic nitrogens is 2. The van der Waals surface area contributed by atoms with Gasteiger partial charge < -0.3 is 29.7 Å². The summed E-state index contributed by atoms with van der Waals surface area (Å²) in [5.41, 5.74) is -0.353. The third kappa shape index (κ3) is 7.14. The summed E-state index contributed by atoms with van der Waals surface area (Å²) >= 11 is 0. The summed E-state index contributed by atoms with van der Waals surface area (Å²) < 4.78 is 24.9. The monoisotopic (exact) mass is 478 g/mol. The van der Waals surface area contributed by atoms with Gasteiger partial charge in [-0.3, -0.25) is 4.79 Å². The van der Waals surface area contributed by atoms with E-state index in [0.29, 0.717) is 29.8 Å². The molecule has 2 heterocycles. The summed E-state index contributed by atoms with van der Waals surface area (Å²) in [4.78, 5) is 18.4. The van der Waals surface area contributed by atoms with Gasteiger partial charge in [0.05, 0.1) is 19.3 Å². The number of carbonyl (C=O) groups excluding carboxylic acids is 1. The van der Waals surface area contributed by atoms with Crippen molar-refractivity contribution < 1.29 is 28.7 Å². The van der Waals surface area contributed by atoms with Crippen molar-refractivity contribution >= 4 is 11.9 Å². The van der Waals surface area contributed by atoms with Gasteiger partial charge in [0.25, 0.3) is 17.7 Å². The molecule has 1 aromatic carbocycles. The number of aliphatic hydroxyl groups excluding tert-OH is 2. The maximum absolute atomic E-state index is 13.9. The van der Waals surface area contributed by atoms with E-state index in [0.717, 1.165) is 44.3 Å². The molecule has 1 aliphatic heterocycles. The molecular weight excluding hydrogens is 443 g/mol. The number of nitrogens with zero attached hydrogens (tertiary/aromatic N) is 3. The van der Waals surface area contributed by atoms with Crippen LogP contribution in [0.3, 0.4) is 0 Å². The number of hydrogen-bond acceptors (Lipinski definition) is 8. The summed E-state index contributed by atoms with van der Waals surface area (Å²) in [6, 6.07) is 5.29. The number of ether oxygens (including phenoxy) is 1. The molecule has 1 amide bonds. The number of nitrogens with one attached hydrogen (secondary N) is 1. The molecule has 0 bridgehead atoms. The van der Waals surface area contributed by atoms with Crippen LogP contribution in [0.5, 0.6) is 5.75 Å². The zero-order valence-electron chi connectivity index (χ0n) is 20.1. The highest BCUT2D eigenvalue weighted by molar-refractivity contribution is 5.95. The minimum Gasteiger partial charge on any atom is -0.494 e. The average Bonchev–Trinajstić information content (AvgIpc) is 3.31. The van der Waals surface area contributed by atoms with Crippen LogP contribution >= 0.6 is 0 Å². The molecule has 1 aromatic heterocycles. The van der Waals surface area contributed by atoms with E-state index in [-0.39, 0.29) is 18.3 Å². The van der Waals surface area contributed by atoms with Crippen molar-refractivity contribution in [3.8, 4) is 5.75 Å². The molecule has 3 N–H and O–H groups in total. The molecule has 1 saturated heterocycles. The smallest absolute Gasteiger partial charge is 0.266 e. The van der Waals surface area contributed by atoms with Crippen molar-refractivity contribution in [2.45, 2.75) is 58.2 Å². The van der Waals surface area contributed by atoms with Gasteiger partial charge in [-0.05, 0) is 81.3 Å². The number of aryl methyl sites for hydroxylation is 1. The van der Waals surface area contributed by atoms with E-state index in [4.69, 9.17) is 14.4 Å². The Morgan fingerprint density at radius 3 is 2.74 bits per heavy atom. The molecule has 188 valence electrons. The van der Waals surface area contributed by atoms with E-state index in [1.807, 2.05) is 17.9 Å². The van der Waals surface area contributed by atoms with Crippen LogP contribution in [0.25, 0.3) is 0 Å². The standard InChI is InChI=1S/C24H35FN4O5/c1-16-13-19(6-7-20(16)21(32)26-14-18(31)15-30)33-12-4-5-17-8-10-29(11-9-17)23-27-22(34-28-23)24(2,3)25/h6-7,13,17-18,30-31H,4-5,8-12,14-15H2,1-3H3,(H,26,32)/t18-/m0/s1. The van der Waals surface area contributed by atoms with Crippen LogP contribution in [-0.4, -0.2) is 65.2 Å². The average molecular weight is 479 g/mol. The number of halogens is 1. The van der Waals surface area contributed by atoms with Crippen molar-refractivity contribution in [2.24, 2.45) is 5.92 Å². The minimum absolute atomic E-state index is 0.00209. The van der Waals surface area contributed by atoms with Crippen molar-refractivity contribution in [1.82, 2.24) is 15.5 Å². The Morgan fingerprint density at radius 2 is 2.12 bits per heavy atom. The first-order valence-electron chi connectivity index (χ1n) is 11.8. The predicted molar refractivity (Wildman–Crippen MR) is 125 cm³/mol. The van der Waals surface area contributed by atoms with Crippen molar-refractivity contribution in [3.05, 3.63) is 35.2 Å². The first-order chi connectivity index (χ1) is 16.2. The molecule has 34 heavy (non-hydrogen) atoms. The molecule has 3 rings (SSSR count). The third-order valence-corrected chi connectivity index (χ3v) is 6.00. The van der Waals surface area contributed by atoms with Gasteiger partial charge in [-0.2, -0.15) is 4.98 Å². The zero-order chi connectivity index (χ0) is 24.7. The van der Waals surface area contributed by atoms with Crippen LogP contribution < -0.4 is 15.0 Å². The van der Waals surface area contributed by atoms with Gasteiger partial charge in [-0.15, -0.1) is 0 Å². The molecule has 0 saturated carbocycles. The Labute approximate surface area is 199 Å². The maximum Gasteiger partial charge on any atom is 0.266 e. The van der Waals surface area contributed by atoms with Gasteiger partial charge in [0, 0.05) is 25.2 Å². The normalized spacial score (nSPS) is 15.9. The van der Waals surface area contributed by atoms with Gasteiger partial charge in [0.15, 0.2) is 5.67 Å². The topological polar surface area (TPSA) is 121 Å². The second kappa shape index (κ2) is 11.6. The van der Waals surface area contributed by atoms with Crippen LogP contribution in [0.15, 0.2) is 22.7 Å². The molecule has 0 aliphatic carbocycles. The van der Waals surface area contributed by atoms with Crippen LogP contribution in [0.2, 0.25) is 0 Å². The number of alkyl halides is 1. The molecule has 1 aliphatic rings. The summed E-state index contributed by atoms with van der Waals surface area (Å²) in [6.45, 7) is 6.45. The van der Waals surface area contributed by atoms with E-state index in [1.54, 1.807) is 12.1 Å². The zero-order valence-corrected chi connectivity index (χ0v) is 20.1. The lowest BCUT2D eigenvalue weighted by atomic mass is 9.92. The number of hydrogen-bond donors (Lipinski definition) is 3. The van der Waals surface area contributed by atoms with Gasteiger partial charge in [-0.1, -0.05) is 0 Å². The Kier molecular flexibility index (Phi) is 8.84. The van der Waals surface area contributed by atoms with Crippen LogP contribution in [-0.2, 0) is 5.67 Å². The maximum atomic E-state index is 13.9. The van der Waals surface area contributed by atoms with E-state index < -0.39 is 18.4 Å². The van der Waals surface area contributed by atoms with E-state index >= 15 is 0 Å². The van der Waals surface area contributed by atoms with Crippen molar-refractivity contribution in [2.75, 3.05) is 37.7 Å². The second-order valence-corrected chi connectivity index (χ2v) is 9.32. The van der Waals surface area contributed by atoms with Gasteiger partial charge >= 0.3 is 0 Å². The summed E-state index contributed by atoms with van der Waals surface area (Å²) in [5.74, 6) is 1.47. The summed E-state index contributed by atoms with van der Waals surface area (Å²) in [7, 11) is 0. The molecule has 0 radical (unpaired) electrons. The quantitative estimate of drug-likeness (QED) is 0.422. The Balaban J connectivity index is 1.37. The molecule has 1 fully saturated rings. The van der Waals surface area contributed by atoms with E-state index in [9.17, 15) is 14.3 Å². The van der Waals surface area contributed by atoms with Crippen LogP contribution in [0.1, 0.15) is 61.3 Å². The molecular formula is C24H35FN4O5. The Hall–Kier alpha value is -2.72.